The molecule has 0 bridgehead atoms. The van der Waals surface area contributed by atoms with Crippen molar-refractivity contribution in [3.8, 4) is 0 Å². The topological polar surface area (TPSA) is 52.3 Å². The van der Waals surface area contributed by atoms with Crippen LogP contribution >= 0.6 is 11.6 Å². The number of allylic oxidation sites excluding steroid dienone is 1. The molecule has 0 fully saturated rings. The van der Waals surface area contributed by atoms with Gasteiger partial charge in [-0.3, -0.25) is 4.79 Å². The molecule has 0 aliphatic carbocycles. The van der Waals surface area contributed by atoms with Crippen LogP contribution < -0.4 is 5.90 Å². The molecule has 0 amide bonds. The van der Waals surface area contributed by atoms with E-state index in [2.05, 4.69) is 0 Å². The number of carbonyl (C=O) groups excluding carboxylic acids is 1. The molecule has 0 radical (unpaired) electrons. The van der Waals surface area contributed by atoms with E-state index in [1.165, 1.54) is 12.1 Å². The Bertz CT molecular complexity index is 816. The van der Waals surface area contributed by atoms with E-state index in [4.69, 9.17) is 22.3 Å². The standard InChI is InChI=1S/C18H15ClF3NO2/c1-11(12-6-4-7-14(9-12)18(20,21)22)17(25-23)15-8-3-2-5-13(15)10-16(19)24/h2-9H,10,23H2,1H3. The maximum absolute atomic E-state index is 12.9. The summed E-state index contributed by atoms with van der Waals surface area (Å²) in [6, 6.07) is 11.6. The van der Waals surface area contributed by atoms with Crippen LogP contribution in [0.4, 0.5) is 13.2 Å². The van der Waals surface area contributed by atoms with E-state index in [1.807, 2.05) is 0 Å². The van der Waals surface area contributed by atoms with E-state index in [-0.39, 0.29) is 12.2 Å². The van der Waals surface area contributed by atoms with Gasteiger partial charge in [-0.2, -0.15) is 19.1 Å². The molecule has 7 heteroatoms. The highest BCUT2D eigenvalue weighted by Crippen LogP contribution is 2.33. The van der Waals surface area contributed by atoms with Crippen molar-refractivity contribution in [2.75, 3.05) is 0 Å². The van der Waals surface area contributed by atoms with Crippen molar-refractivity contribution in [3.63, 3.8) is 0 Å². The normalized spacial score (nSPS) is 12.6. The smallest absolute Gasteiger partial charge is 0.411 e. The molecule has 0 aliphatic heterocycles. The largest absolute Gasteiger partial charge is 0.416 e. The molecule has 0 atom stereocenters. The van der Waals surface area contributed by atoms with Crippen LogP contribution in [0.25, 0.3) is 11.3 Å². The Labute approximate surface area is 147 Å². The van der Waals surface area contributed by atoms with Gasteiger partial charge in [0.15, 0.2) is 5.76 Å². The van der Waals surface area contributed by atoms with Crippen molar-refractivity contribution in [2.45, 2.75) is 19.5 Å². The summed E-state index contributed by atoms with van der Waals surface area (Å²) in [5.74, 6) is 5.54. The van der Waals surface area contributed by atoms with Crippen molar-refractivity contribution < 1.29 is 22.8 Å². The molecule has 0 saturated heterocycles. The van der Waals surface area contributed by atoms with E-state index in [0.29, 0.717) is 22.3 Å². The third-order valence-electron chi connectivity index (χ3n) is 3.67. The van der Waals surface area contributed by atoms with E-state index in [9.17, 15) is 18.0 Å². The molecule has 0 heterocycles. The Morgan fingerprint density at radius 1 is 1.16 bits per heavy atom. The quantitative estimate of drug-likeness (QED) is 0.357. The van der Waals surface area contributed by atoms with Gasteiger partial charge >= 0.3 is 6.18 Å². The molecule has 132 valence electrons. The Morgan fingerprint density at radius 3 is 2.44 bits per heavy atom. The van der Waals surface area contributed by atoms with E-state index < -0.39 is 17.0 Å². The van der Waals surface area contributed by atoms with Crippen molar-refractivity contribution in [1.29, 1.82) is 0 Å². The molecule has 2 N–H and O–H groups in total. The number of halogens is 4. The van der Waals surface area contributed by atoms with Gasteiger partial charge in [-0.05, 0) is 41.8 Å². The van der Waals surface area contributed by atoms with Gasteiger partial charge in [0.1, 0.15) is 0 Å². The lowest BCUT2D eigenvalue weighted by atomic mass is 9.96. The van der Waals surface area contributed by atoms with Gasteiger partial charge in [0.05, 0.1) is 5.56 Å². The molecule has 2 aromatic carbocycles. The second kappa shape index (κ2) is 7.72. The average molecular weight is 370 g/mol. The van der Waals surface area contributed by atoms with Gasteiger partial charge in [0, 0.05) is 17.6 Å². The van der Waals surface area contributed by atoms with Crippen molar-refractivity contribution in [3.05, 3.63) is 70.8 Å². The van der Waals surface area contributed by atoms with E-state index in [0.717, 1.165) is 12.1 Å². The number of alkyl halides is 3. The summed E-state index contributed by atoms with van der Waals surface area (Å²) in [6.07, 6.45) is -4.51. The van der Waals surface area contributed by atoms with Crippen LogP contribution in [0.2, 0.25) is 0 Å². The van der Waals surface area contributed by atoms with Crippen LogP contribution in [0.1, 0.15) is 29.2 Å². The Balaban J connectivity index is 2.58. The molecule has 25 heavy (non-hydrogen) atoms. The van der Waals surface area contributed by atoms with Gasteiger partial charge in [-0.25, -0.2) is 0 Å². The van der Waals surface area contributed by atoms with Crippen molar-refractivity contribution in [1.82, 2.24) is 0 Å². The summed E-state index contributed by atoms with van der Waals surface area (Å²) >= 11 is 5.45. The predicted octanol–water partition coefficient (Wildman–Crippen LogP) is 4.79. The zero-order chi connectivity index (χ0) is 18.6. The van der Waals surface area contributed by atoms with Gasteiger partial charge in [-0.15, -0.1) is 0 Å². The van der Waals surface area contributed by atoms with E-state index >= 15 is 0 Å². The van der Waals surface area contributed by atoms with Crippen LogP contribution in [0.5, 0.6) is 0 Å². The van der Waals surface area contributed by atoms with Gasteiger partial charge in [0.25, 0.3) is 0 Å². The monoisotopic (exact) mass is 369 g/mol. The summed E-state index contributed by atoms with van der Waals surface area (Å²) in [4.78, 5) is 16.2. The first-order valence-corrected chi connectivity index (χ1v) is 7.63. The summed E-state index contributed by atoms with van der Waals surface area (Å²) in [6.45, 7) is 1.59. The SMILES string of the molecule is CC(=C(ON)c1ccccc1CC(=O)Cl)c1cccc(C(F)(F)F)c1. The first-order chi connectivity index (χ1) is 11.7. The number of rotatable bonds is 5. The van der Waals surface area contributed by atoms with Crippen LogP contribution in [0, 0.1) is 0 Å². The lowest BCUT2D eigenvalue weighted by molar-refractivity contribution is -0.137. The molecule has 2 rings (SSSR count). The van der Waals surface area contributed by atoms with Gasteiger partial charge < -0.3 is 4.84 Å². The molecular weight excluding hydrogens is 355 g/mol. The van der Waals surface area contributed by atoms with Crippen LogP contribution in [-0.2, 0) is 22.2 Å². The zero-order valence-electron chi connectivity index (χ0n) is 13.2. The number of carbonyl (C=O) groups is 1. The lowest BCUT2D eigenvalue weighted by Gasteiger charge is -2.15. The highest BCUT2D eigenvalue weighted by Gasteiger charge is 2.30. The van der Waals surface area contributed by atoms with Crippen LogP contribution in [0.3, 0.4) is 0 Å². The van der Waals surface area contributed by atoms with Crippen LogP contribution in [-0.4, -0.2) is 5.24 Å². The fraction of sp³-hybridized carbons (Fsp3) is 0.167. The third kappa shape index (κ3) is 4.61. The lowest BCUT2D eigenvalue weighted by Crippen LogP contribution is -2.07. The first kappa shape index (κ1) is 19.0. The highest BCUT2D eigenvalue weighted by atomic mass is 35.5. The average Bonchev–Trinajstić information content (AvgIpc) is 2.56. The Kier molecular flexibility index (Phi) is 5.87. The molecule has 2 aromatic rings. The molecule has 0 saturated carbocycles. The molecule has 0 spiro atoms. The Hall–Kier alpha value is -2.31. The van der Waals surface area contributed by atoms with E-state index in [1.54, 1.807) is 31.2 Å². The molecule has 0 unspecified atom stereocenters. The second-order valence-corrected chi connectivity index (χ2v) is 5.76. The molecule has 3 nitrogen and oxygen atoms in total. The fourth-order valence-corrected chi connectivity index (χ4v) is 2.60. The van der Waals surface area contributed by atoms with Crippen LogP contribution in [0.15, 0.2) is 48.5 Å². The van der Waals surface area contributed by atoms with Gasteiger partial charge in [-0.1, -0.05) is 36.4 Å². The summed E-state index contributed by atoms with van der Waals surface area (Å²) < 4.78 is 38.8. The maximum Gasteiger partial charge on any atom is 0.416 e. The minimum atomic E-state index is -4.46. The number of benzene rings is 2. The summed E-state index contributed by atoms with van der Waals surface area (Å²) in [5, 5.41) is -0.569. The first-order valence-electron chi connectivity index (χ1n) is 7.26. The fourth-order valence-electron chi connectivity index (χ4n) is 2.46. The predicted molar refractivity (Wildman–Crippen MR) is 90.2 cm³/mol. The molecular formula is C18H15ClF3NO2. The minimum absolute atomic E-state index is 0.0551. The minimum Gasteiger partial charge on any atom is -0.411 e. The Morgan fingerprint density at radius 2 is 1.84 bits per heavy atom. The number of nitrogens with two attached hydrogens (primary N) is 1. The summed E-state index contributed by atoms with van der Waals surface area (Å²) in [5.41, 5.74) is 0.999. The molecule has 0 aliphatic rings. The summed E-state index contributed by atoms with van der Waals surface area (Å²) in [7, 11) is 0. The van der Waals surface area contributed by atoms with Gasteiger partial charge in [0.2, 0.25) is 5.24 Å². The van der Waals surface area contributed by atoms with Crippen molar-refractivity contribution in [2.24, 2.45) is 5.90 Å². The third-order valence-corrected chi connectivity index (χ3v) is 3.81. The van der Waals surface area contributed by atoms with Crippen molar-refractivity contribution >= 4 is 28.2 Å². The highest BCUT2D eigenvalue weighted by molar-refractivity contribution is 6.63. The number of hydrogen-bond acceptors (Lipinski definition) is 3. The second-order valence-electron chi connectivity index (χ2n) is 5.34. The zero-order valence-corrected chi connectivity index (χ0v) is 14.0. The molecule has 0 aromatic heterocycles. The number of hydrogen-bond donors (Lipinski definition) is 1. The maximum atomic E-state index is 12.9.